The van der Waals surface area contributed by atoms with Crippen LogP contribution in [0.2, 0.25) is 0 Å². The predicted molar refractivity (Wildman–Crippen MR) is 61.5 cm³/mol. The average Bonchev–Trinajstić information content (AvgIpc) is 2.66. The maximum atomic E-state index is 11.1. The van der Waals surface area contributed by atoms with E-state index in [1.807, 2.05) is 31.2 Å². The van der Waals surface area contributed by atoms with E-state index < -0.39 is 11.9 Å². The van der Waals surface area contributed by atoms with Gasteiger partial charge in [0.25, 0.3) is 0 Å². The van der Waals surface area contributed by atoms with E-state index in [2.05, 4.69) is 5.10 Å². The fraction of sp³-hybridized carbons (Fsp3) is 0.333. The molecule has 1 N–H and O–H groups in total. The van der Waals surface area contributed by atoms with Crippen molar-refractivity contribution in [2.45, 2.75) is 26.3 Å². The number of fused-ring (bicyclic) bond motifs is 1. The highest BCUT2D eigenvalue weighted by Crippen LogP contribution is 2.25. The third kappa shape index (κ3) is 1.56. The molecule has 0 aliphatic carbocycles. The van der Waals surface area contributed by atoms with Crippen molar-refractivity contribution in [1.29, 1.82) is 0 Å². The standard InChI is InChI=1S/C12H14N2O2/c1-3-14-11(8(2)12(15)16)9-6-4-5-7-10(9)13-14/h4-8H,3H2,1-2H3,(H,15,16). The maximum absolute atomic E-state index is 11.1. The van der Waals surface area contributed by atoms with E-state index >= 15 is 0 Å². The second-order valence-corrected chi connectivity index (χ2v) is 3.78. The van der Waals surface area contributed by atoms with Crippen molar-refractivity contribution in [3.63, 3.8) is 0 Å². The molecule has 0 aliphatic rings. The van der Waals surface area contributed by atoms with Gasteiger partial charge in [-0.1, -0.05) is 18.2 Å². The molecule has 0 aliphatic heterocycles. The van der Waals surface area contributed by atoms with Gasteiger partial charge in [-0.25, -0.2) is 0 Å². The predicted octanol–water partition coefficient (Wildman–Crippen LogP) is 2.24. The zero-order valence-corrected chi connectivity index (χ0v) is 9.34. The SMILES string of the molecule is CCn1nc2ccccc2c1C(C)C(=O)O. The van der Waals surface area contributed by atoms with Crippen LogP contribution in [0.25, 0.3) is 10.9 Å². The summed E-state index contributed by atoms with van der Waals surface area (Å²) < 4.78 is 1.77. The molecule has 16 heavy (non-hydrogen) atoms. The van der Waals surface area contributed by atoms with Gasteiger partial charge in [-0.15, -0.1) is 0 Å². The third-order valence-electron chi connectivity index (χ3n) is 2.77. The Hall–Kier alpha value is -1.84. The van der Waals surface area contributed by atoms with E-state index in [0.717, 1.165) is 16.6 Å². The lowest BCUT2D eigenvalue weighted by Gasteiger charge is -2.09. The Labute approximate surface area is 93.5 Å². The van der Waals surface area contributed by atoms with E-state index in [9.17, 15) is 4.79 Å². The summed E-state index contributed by atoms with van der Waals surface area (Å²) in [5.41, 5.74) is 1.64. The molecule has 1 aromatic heterocycles. The Morgan fingerprint density at radius 3 is 2.81 bits per heavy atom. The first kappa shape index (κ1) is 10.7. The number of benzene rings is 1. The second-order valence-electron chi connectivity index (χ2n) is 3.78. The lowest BCUT2D eigenvalue weighted by molar-refractivity contribution is -0.138. The molecule has 84 valence electrons. The van der Waals surface area contributed by atoms with Crippen molar-refractivity contribution >= 4 is 16.9 Å². The van der Waals surface area contributed by atoms with E-state index in [4.69, 9.17) is 5.11 Å². The Morgan fingerprint density at radius 1 is 1.50 bits per heavy atom. The van der Waals surface area contributed by atoms with Crippen LogP contribution in [-0.4, -0.2) is 20.9 Å². The Balaban J connectivity index is 2.69. The van der Waals surface area contributed by atoms with Gasteiger partial charge in [0, 0.05) is 11.9 Å². The minimum atomic E-state index is -0.819. The molecule has 0 bridgehead atoms. The van der Waals surface area contributed by atoms with Crippen molar-refractivity contribution in [2.24, 2.45) is 0 Å². The highest BCUT2D eigenvalue weighted by molar-refractivity contribution is 5.87. The molecule has 0 fully saturated rings. The summed E-state index contributed by atoms with van der Waals surface area (Å²) in [6.07, 6.45) is 0. The zero-order chi connectivity index (χ0) is 11.7. The summed E-state index contributed by atoms with van der Waals surface area (Å²) in [5, 5.41) is 14.4. The van der Waals surface area contributed by atoms with E-state index in [1.54, 1.807) is 11.6 Å². The van der Waals surface area contributed by atoms with Crippen molar-refractivity contribution in [1.82, 2.24) is 9.78 Å². The van der Waals surface area contributed by atoms with Crippen LogP contribution in [0.15, 0.2) is 24.3 Å². The van der Waals surface area contributed by atoms with Gasteiger partial charge in [-0.2, -0.15) is 5.10 Å². The average molecular weight is 218 g/mol. The van der Waals surface area contributed by atoms with Gasteiger partial charge in [-0.05, 0) is 19.9 Å². The van der Waals surface area contributed by atoms with Crippen LogP contribution in [0.5, 0.6) is 0 Å². The summed E-state index contributed by atoms with van der Waals surface area (Å²) in [5.74, 6) is -1.35. The van der Waals surface area contributed by atoms with Crippen molar-refractivity contribution in [3.05, 3.63) is 30.0 Å². The molecule has 0 spiro atoms. The molecular formula is C12H14N2O2. The lowest BCUT2D eigenvalue weighted by Crippen LogP contribution is -2.13. The summed E-state index contributed by atoms with van der Waals surface area (Å²) in [6, 6.07) is 7.63. The smallest absolute Gasteiger partial charge is 0.312 e. The molecule has 4 nitrogen and oxygen atoms in total. The molecule has 0 saturated heterocycles. The van der Waals surface area contributed by atoms with E-state index in [1.165, 1.54) is 0 Å². The number of nitrogens with zero attached hydrogens (tertiary/aromatic N) is 2. The van der Waals surface area contributed by atoms with Crippen LogP contribution in [0.3, 0.4) is 0 Å². The highest BCUT2D eigenvalue weighted by Gasteiger charge is 2.21. The number of hydrogen-bond acceptors (Lipinski definition) is 2. The number of carboxylic acid groups (broad SMARTS) is 1. The summed E-state index contributed by atoms with van der Waals surface area (Å²) in [4.78, 5) is 11.1. The lowest BCUT2D eigenvalue weighted by atomic mass is 10.0. The first-order chi connectivity index (χ1) is 7.65. The van der Waals surface area contributed by atoms with Gasteiger partial charge in [-0.3, -0.25) is 9.48 Å². The summed E-state index contributed by atoms with van der Waals surface area (Å²) in [7, 11) is 0. The number of rotatable bonds is 3. The molecule has 2 aromatic rings. The maximum Gasteiger partial charge on any atom is 0.312 e. The normalized spacial score (nSPS) is 12.9. The monoisotopic (exact) mass is 218 g/mol. The number of aliphatic carboxylic acids is 1. The van der Waals surface area contributed by atoms with Crippen molar-refractivity contribution < 1.29 is 9.90 Å². The second kappa shape index (κ2) is 3.96. The van der Waals surface area contributed by atoms with Crippen molar-refractivity contribution in [2.75, 3.05) is 0 Å². The van der Waals surface area contributed by atoms with Gasteiger partial charge in [0.2, 0.25) is 0 Å². The van der Waals surface area contributed by atoms with E-state index in [-0.39, 0.29) is 0 Å². The number of carboxylic acids is 1. The quantitative estimate of drug-likeness (QED) is 0.859. The van der Waals surface area contributed by atoms with Gasteiger partial charge in [0.05, 0.1) is 17.1 Å². The number of aromatic nitrogens is 2. The van der Waals surface area contributed by atoms with Gasteiger partial charge >= 0.3 is 5.97 Å². The van der Waals surface area contributed by atoms with Crippen LogP contribution in [0, 0.1) is 0 Å². The molecular weight excluding hydrogens is 204 g/mol. The Bertz CT molecular complexity index is 531. The minimum Gasteiger partial charge on any atom is -0.481 e. The first-order valence-corrected chi connectivity index (χ1v) is 5.33. The highest BCUT2D eigenvalue weighted by atomic mass is 16.4. The number of aryl methyl sites for hydroxylation is 1. The summed E-state index contributed by atoms with van der Waals surface area (Å²) >= 11 is 0. The minimum absolute atomic E-state index is 0.535. The van der Waals surface area contributed by atoms with Gasteiger partial charge in [0.1, 0.15) is 0 Å². The molecule has 2 rings (SSSR count). The van der Waals surface area contributed by atoms with Crippen LogP contribution in [-0.2, 0) is 11.3 Å². The van der Waals surface area contributed by atoms with Crippen molar-refractivity contribution in [3.8, 4) is 0 Å². The van der Waals surface area contributed by atoms with Gasteiger partial charge < -0.3 is 5.11 Å². The third-order valence-corrected chi connectivity index (χ3v) is 2.77. The van der Waals surface area contributed by atoms with Gasteiger partial charge in [0.15, 0.2) is 0 Å². The number of carbonyl (C=O) groups is 1. The van der Waals surface area contributed by atoms with E-state index in [0.29, 0.717) is 6.54 Å². The molecule has 1 aromatic carbocycles. The Kier molecular flexibility index (Phi) is 2.64. The first-order valence-electron chi connectivity index (χ1n) is 5.33. The number of hydrogen-bond donors (Lipinski definition) is 1. The molecule has 4 heteroatoms. The fourth-order valence-corrected chi connectivity index (χ4v) is 1.92. The molecule has 0 saturated carbocycles. The zero-order valence-electron chi connectivity index (χ0n) is 9.34. The fourth-order valence-electron chi connectivity index (χ4n) is 1.92. The molecule has 0 radical (unpaired) electrons. The summed E-state index contributed by atoms with van der Waals surface area (Å²) in [6.45, 7) is 4.34. The molecule has 1 heterocycles. The van der Waals surface area contributed by atoms with Crippen LogP contribution >= 0.6 is 0 Å². The molecule has 1 atom stereocenters. The van der Waals surface area contributed by atoms with Crippen LogP contribution in [0.1, 0.15) is 25.5 Å². The topological polar surface area (TPSA) is 55.1 Å². The largest absolute Gasteiger partial charge is 0.481 e. The molecule has 1 unspecified atom stereocenters. The Morgan fingerprint density at radius 2 is 2.19 bits per heavy atom. The molecule has 0 amide bonds. The van der Waals surface area contributed by atoms with Crippen LogP contribution < -0.4 is 0 Å². The van der Waals surface area contributed by atoms with Crippen LogP contribution in [0.4, 0.5) is 0 Å².